The molecule has 0 bridgehead atoms. The van der Waals surface area contributed by atoms with Crippen molar-refractivity contribution in [3.05, 3.63) is 46.3 Å². The molecule has 3 N–H and O–H groups in total. The molecule has 0 saturated heterocycles. The van der Waals surface area contributed by atoms with E-state index in [0.29, 0.717) is 6.08 Å². The molecule has 0 atom stereocenters. The molecular formula is C13H13NO6. The van der Waals surface area contributed by atoms with Crippen LogP contribution in [0, 0.1) is 0 Å². The number of hydrogen-bond donors (Lipinski definition) is 3. The highest BCUT2D eigenvalue weighted by molar-refractivity contribution is 5.98. The predicted molar refractivity (Wildman–Crippen MR) is 70.4 cm³/mol. The van der Waals surface area contributed by atoms with Crippen LogP contribution in [0.25, 0.3) is 0 Å². The van der Waals surface area contributed by atoms with E-state index >= 15 is 0 Å². The first-order valence-corrected chi connectivity index (χ1v) is 5.66. The van der Waals surface area contributed by atoms with Crippen LogP contribution in [0.15, 0.2) is 40.8 Å². The molecule has 0 heterocycles. The number of aliphatic carboxylic acids is 1. The van der Waals surface area contributed by atoms with Gasteiger partial charge in [-0.15, -0.1) is 0 Å². The molecule has 0 aliphatic rings. The number of esters is 1. The smallest absolute Gasteiger partial charge is 0.355 e. The van der Waals surface area contributed by atoms with Crippen molar-refractivity contribution >= 4 is 17.6 Å². The molecule has 20 heavy (non-hydrogen) atoms. The van der Waals surface area contributed by atoms with Gasteiger partial charge in [0.15, 0.2) is 5.75 Å². The number of carbonyl (C=O) groups is 2. The lowest BCUT2D eigenvalue weighted by molar-refractivity contribution is -0.139. The van der Waals surface area contributed by atoms with Crippen LogP contribution in [0.3, 0.4) is 0 Å². The Morgan fingerprint density at radius 3 is 2.55 bits per heavy atom. The molecule has 0 aliphatic carbocycles. The van der Waals surface area contributed by atoms with Gasteiger partial charge in [0.1, 0.15) is 5.70 Å². The van der Waals surface area contributed by atoms with E-state index < -0.39 is 23.1 Å². The van der Waals surface area contributed by atoms with Gasteiger partial charge in [0.05, 0.1) is 12.7 Å². The third kappa shape index (κ3) is 4.45. The monoisotopic (exact) mass is 279 g/mol. The van der Waals surface area contributed by atoms with Gasteiger partial charge in [-0.05, 0) is 31.2 Å². The van der Waals surface area contributed by atoms with Crippen molar-refractivity contribution in [3.63, 3.8) is 0 Å². The number of anilines is 1. The number of carbonyl (C=O) groups excluding carboxylic acids is 1. The Morgan fingerprint density at radius 2 is 1.95 bits per heavy atom. The number of carboxylic acid groups (broad SMARTS) is 1. The topological polar surface area (TPSA) is 113 Å². The zero-order valence-corrected chi connectivity index (χ0v) is 10.6. The first-order valence-electron chi connectivity index (χ1n) is 5.66. The van der Waals surface area contributed by atoms with Crippen molar-refractivity contribution in [1.29, 1.82) is 0 Å². The van der Waals surface area contributed by atoms with Gasteiger partial charge in [-0.3, -0.25) is 4.79 Å². The number of aromatic hydroxyl groups is 1. The van der Waals surface area contributed by atoms with Crippen LogP contribution in [0.1, 0.15) is 6.92 Å². The van der Waals surface area contributed by atoms with E-state index in [2.05, 4.69) is 5.32 Å². The zero-order valence-electron chi connectivity index (χ0n) is 10.6. The molecule has 0 spiro atoms. The summed E-state index contributed by atoms with van der Waals surface area (Å²) in [6.07, 6.45) is 0.656. The lowest BCUT2D eigenvalue weighted by Gasteiger charge is -2.08. The molecule has 0 saturated carbocycles. The number of rotatable bonds is 5. The zero-order chi connectivity index (χ0) is 15.1. The van der Waals surface area contributed by atoms with Crippen LogP contribution in [0.5, 0.6) is 5.75 Å². The molecule has 0 aromatic heterocycles. The first-order chi connectivity index (χ1) is 9.43. The third-order valence-corrected chi connectivity index (χ3v) is 2.13. The predicted octanol–water partition coefficient (Wildman–Crippen LogP) is 0.696. The average Bonchev–Trinajstić information content (AvgIpc) is 2.53. The average molecular weight is 279 g/mol. The molecule has 1 rings (SSSR count). The van der Waals surface area contributed by atoms with Crippen molar-refractivity contribution in [2.45, 2.75) is 6.92 Å². The van der Waals surface area contributed by atoms with Crippen molar-refractivity contribution in [2.75, 3.05) is 11.9 Å². The van der Waals surface area contributed by atoms with Gasteiger partial charge in [0.2, 0.25) is 5.43 Å². The van der Waals surface area contributed by atoms with E-state index in [-0.39, 0.29) is 18.0 Å². The molecule has 7 nitrogen and oxygen atoms in total. The summed E-state index contributed by atoms with van der Waals surface area (Å²) in [5, 5.41) is 20.5. The lowest BCUT2D eigenvalue weighted by atomic mass is 10.3. The Bertz CT molecular complexity index is 608. The van der Waals surface area contributed by atoms with E-state index in [1.54, 1.807) is 6.92 Å². The lowest BCUT2D eigenvalue weighted by Crippen LogP contribution is -2.16. The highest BCUT2D eigenvalue weighted by atomic mass is 16.5. The molecule has 1 aromatic carbocycles. The van der Waals surface area contributed by atoms with E-state index in [1.165, 1.54) is 12.1 Å². The highest BCUT2D eigenvalue weighted by Gasteiger charge is 2.12. The van der Waals surface area contributed by atoms with Crippen molar-refractivity contribution in [1.82, 2.24) is 0 Å². The molecule has 0 amide bonds. The summed E-state index contributed by atoms with van der Waals surface area (Å²) in [4.78, 5) is 33.4. The molecule has 0 radical (unpaired) electrons. The van der Waals surface area contributed by atoms with Crippen molar-refractivity contribution in [3.8, 4) is 5.75 Å². The Hall–Kier alpha value is -2.83. The summed E-state index contributed by atoms with van der Waals surface area (Å²) >= 11 is 0. The third-order valence-electron chi connectivity index (χ3n) is 2.13. The maximum Gasteiger partial charge on any atom is 0.355 e. The Morgan fingerprint density at radius 1 is 1.30 bits per heavy atom. The van der Waals surface area contributed by atoms with E-state index in [4.69, 9.17) is 9.84 Å². The fourth-order valence-corrected chi connectivity index (χ4v) is 1.27. The second-order valence-electron chi connectivity index (χ2n) is 3.61. The van der Waals surface area contributed by atoms with Gasteiger partial charge in [-0.25, -0.2) is 9.59 Å². The minimum atomic E-state index is -1.33. The summed E-state index contributed by atoms with van der Waals surface area (Å²) < 4.78 is 4.70. The molecule has 1 aromatic rings. The quantitative estimate of drug-likeness (QED) is 0.537. The molecule has 0 fully saturated rings. The first kappa shape index (κ1) is 15.2. The summed E-state index contributed by atoms with van der Waals surface area (Å²) in [5.74, 6) is -2.63. The van der Waals surface area contributed by atoms with Crippen LogP contribution in [-0.4, -0.2) is 28.8 Å². The van der Waals surface area contributed by atoms with Gasteiger partial charge in [-0.2, -0.15) is 0 Å². The van der Waals surface area contributed by atoms with Crippen LogP contribution in [0.4, 0.5) is 5.69 Å². The van der Waals surface area contributed by atoms with Crippen LogP contribution >= 0.6 is 0 Å². The summed E-state index contributed by atoms with van der Waals surface area (Å²) in [7, 11) is 0. The number of carboxylic acids is 1. The van der Waals surface area contributed by atoms with Gasteiger partial charge in [-0.1, -0.05) is 0 Å². The van der Waals surface area contributed by atoms with Crippen LogP contribution in [0.2, 0.25) is 0 Å². The van der Waals surface area contributed by atoms with Gasteiger partial charge in [0.25, 0.3) is 0 Å². The van der Waals surface area contributed by atoms with Gasteiger partial charge < -0.3 is 20.3 Å². The molecule has 106 valence electrons. The fourth-order valence-electron chi connectivity index (χ4n) is 1.27. The largest absolute Gasteiger partial charge is 0.504 e. The SMILES string of the molecule is CCOC(=O)C(=CC(=O)O)Nc1ccc(O)c(=O)cc1. The van der Waals surface area contributed by atoms with Gasteiger partial charge in [0, 0.05) is 5.69 Å². The molecule has 0 unspecified atom stereocenters. The van der Waals surface area contributed by atoms with Gasteiger partial charge >= 0.3 is 11.9 Å². The Labute approximate surface area is 114 Å². The Kier molecular flexibility index (Phi) is 5.28. The summed E-state index contributed by atoms with van der Waals surface area (Å²) in [6.45, 7) is 1.67. The van der Waals surface area contributed by atoms with E-state index in [9.17, 15) is 19.5 Å². The highest BCUT2D eigenvalue weighted by Crippen LogP contribution is 2.11. The van der Waals surface area contributed by atoms with E-state index in [0.717, 1.165) is 12.1 Å². The second-order valence-corrected chi connectivity index (χ2v) is 3.61. The van der Waals surface area contributed by atoms with Crippen LogP contribution in [-0.2, 0) is 14.3 Å². The minimum absolute atomic E-state index is 0.0888. The summed E-state index contributed by atoms with van der Waals surface area (Å²) in [6, 6.07) is 4.85. The maximum atomic E-state index is 11.6. The maximum absolute atomic E-state index is 11.6. The molecular weight excluding hydrogens is 266 g/mol. The van der Waals surface area contributed by atoms with Crippen LogP contribution < -0.4 is 10.7 Å². The summed E-state index contributed by atoms with van der Waals surface area (Å²) in [5.41, 5.74) is -0.640. The molecule has 0 aliphatic heterocycles. The fraction of sp³-hybridized carbons (Fsp3) is 0.154. The number of hydrogen-bond acceptors (Lipinski definition) is 6. The second kappa shape index (κ2) is 6.93. The van der Waals surface area contributed by atoms with Crippen molar-refractivity contribution in [2.24, 2.45) is 0 Å². The molecule has 7 heteroatoms. The standard InChI is InChI=1S/C13H13NO6/c1-2-20-13(19)9(7-12(17)18)14-8-3-5-10(15)11(16)6-4-8/h3-7,14H,2H2,1H3,(H,15,16)(H,17,18). The van der Waals surface area contributed by atoms with Crippen molar-refractivity contribution < 1.29 is 24.5 Å². The Balaban J connectivity index is 3.08. The number of nitrogens with one attached hydrogen (secondary N) is 1. The van der Waals surface area contributed by atoms with E-state index in [1.807, 2.05) is 0 Å². The minimum Gasteiger partial charge on any atom is -0.504 e. The normalized spacial score (nSPS) is 10.8. The number of ether oxygens (including phenoxy) is 1.